The van der Waals surface area contributed by atoms with E-state index in [0.717, 1.165) is 11.1 Å². The summed E-state index contributed by atoms with van der Waals surface area (Å²) in [6, 6.07) is 24.6. The first-order valence-electron chi connectivity index (χ1n) is 10.3. The molecule has 3 atom stereocenters. The molecule has 7 heteroatoms. The van der Waals surface area contributed by atoms with Crippen molar-refractivity contribution in [2.24, 2.45) is 0 Å². The molecule has 164 valence electrons. The van der Waals surface area contributed by atoms with Gasteiger partial charge < -0.3 is 4.74 Å². The van der Waals surface area contributed by atoms with Crippen molar-refractivity contribution >= 4 is 11.7 Å². The van der Waals surface area contributed by atoms with Crippen LogP contribution >= 0.6 is 0 Å². The summed E-state index contributed by atoms with van der Waals surface area (Å²) in [5.41, 5.74) is 0.856. The normalized spacial score (nSPS) is 22.9. The summed E-state index contributed by atoms with van der Waals surface area (Å²) in [5.74, 6) is -0.904. The van der Waals surface area contributed by atoms with Gasteiger partial charge in [0.15, 0.2) is 6.04 Å². The van der Waals surface area contributed by atoms with Gasteiger partial charge in [-0.2, -0.15) is 0 Å². The molecule has 0 spiro atoms. The third-order valence-corrected chi connectivity index (χ3v) is 5.86. The molecular weight excluding hydrogens is 408 g/mol. The summed E-state index contributed by atoms with van der Waals surface area (Å²) in [6.07, 6.45) is -0.888. The van der Waals surface area contributed by atoms with Gasteiger partial charge in [-0.25, -0.2) is 9.86 Å². The zero-order valence-corrected chi connectivity index (χ0v) is 17.9. The minimum atomic E-state index is -2.08. The van der Waals surface area contributed by atoms with E-state index >= 15 is 0 Å². The zero-order valence-electron chi connectivity index (χ0n) is 17.9. The second kappa shape index (κ2) is 8.80. The molecule has 1 unspecified atom stereocenters. The number of aryl methyl sites for hydroxylation is 1. The maximum atomic E-state index is 13.2. The van der Waals surface area contributed by atoms with Crippen LogP contribution in [0.1, 0.15) is 35.3 Å². The fourth-order valence-corrected chi connectivity index (χ4v) is 4.24. The number of hydroxylamine groups is 1. The Hall–Kier alpha value is -3.71. The van der Waals surface area contributed by atoms with Gasteiger partial charge >= 0.3 is 11.5 Å². The Labute approximate surface area is 186 Å². The van der Waals surface area contributed by atoms with Crippen molar-refractivity contribution in [3.05, 3.63) is 112 Å². The number of hydrogen-bond donors (Lipinski definition) is 0. The highest BCUT2D eigenvalue weighted by Crippen LogP contribution is 2.49. The van der Waals surface area contributed by atoms with Gasteiger partial charge in [-0.15, -0.1) is 0 Å². The van der Waals surface area contributed by atoms with Crippen molar-refractivity contribution in [1.29, 1.82) is 0 Å². The predicted molar refractivity (Wildman–Crippen MR) is 119 cm³/mol. The second-order valence-corrected chi connectivity index (χ2v) is 7.86. The standard InChI is InChI=1S/C25H24N2O5/c1-18-13-15-20(16-14-18)23-25(27(29)30,24(28)31-2)17-22(19-9-5-3-6-10-19)32-26(23)21-11-7-4-8-12-21/h3-16,22-23H,17H2,1-2H3/t22-,23-,25?/m1/s1. The van der Waals surface area contributed by atoms with Crippen LogP contribution in [0.5, 0.6) is 0 Å². The van der Waals surface area contributed by atoms with Crippen LogP contribution in [0.3, 0.4) is 0 Å². The fourth-order valence-electron chi connectivity index (χ4n) is 4.24. The highest BCUT2D eigenvalue weighted by molar-refractivity contribution is 5.82. The lowest BCUT2D eigenvalue weighted by atomic mass is 9.78. The van der Waals surface area contributed by atoms with E-state index < -0.39 is 28.6 Å². The molecule has 0 radical (unpaired) electrons. The van der Waals surface area contributed by atoms with E-state index in [0.29, 0.717) is 11.3 Å². The zero-order chi connectivity index (χ0) is 22.7. The summed E-state index contributed by atoms with van der Waals surface area (Å²) in [5, 5.41) is 14.2. The highest BCUT2D eigenvalue weighted by atomic mass is 16.7. The van der Waals surface area contributed by atoms with Gasteiger partial charge in [0.1, 0.15) is 6.10 Å². The number of ether oxygens (including phenoxy) is 1. The monoisotopic (exact) mass is 432 g/mol. The molecule has 7 nitrogen and oxygen atoms in total. The molecule has 0 aromatic heterocycles. The van der Waals surface area contributed by atoms with E-state index in [1.165, 1.54) is 12.2 Å². The minimum Gasteiger partial charge on any atom is -0.464 e. The molecule has 3 aromatic carbocycles. The van der Waals surface area contributed by atoms with E-state index in [9.17, 15) is 14.9 Å². The Kier molecular flexibility index (Phi) is 5.92. The number of esters is 1. The van der Waals surface area contributed by atoms with Gasteiger partial charge in [0, 0.05) is 4.92 Å². The smallest absolute Gasteiger partial charge is 0.387 e. The quantitative estimate of drug-likeness (QED) is 0.327. The number of para-hydroxylation sites is 1. The molecule has 4 rings (SSSR count). The van der Waals surface area contributed by atoms with Crippen molar-refractivity contribution in [2.75, 3.05) is 12.2 Å². The molecule has 1 heterocycles. The molecule has 0 aliphatic carbocycles. The summed E-state index contributed by atoms with van der Waals surface area (Å²) >= 11 is 0. The molecule has 0 N–H and O–H groups in total. The van der Waals surface area contributed by atoms with Gasteiger partial charge in [0.05, 0.1) is 19.2 Å². The Balaban J connectivity index is 1.95. The van der Waals surface area contributed by atoms with Crippen molar-refractivity contribution in [2.45, 2.75) is 31.0 Å². The number of hydrogen-bond acceptors (Lipinski definition) is 6. The van der Waals surface area contributed by atoms with E-state index in [-0.39, 0.29) is 6.42 Å². The van der Waals surface area contributed by atoms with E-state index in [2.05, 4.69) is 0 Å². The molecule has 1 saturated heterocycles. The van der Waals surface area contributed by atoms with Crippen LogP contribution in [0, 0.1) is 17.0 Å². The molecule has 0 amide bonds. The lowest BCUT2D eigenvalue weighted by molar-refractivity contribution is -0.570. The second-order valence-electron chi connectivity index (χ2n) is 7.86. The first kappa shape index (κ1) is 21.5. The molecule has 1 fully saturated rings. The van der Waals surface area contributed by atoms with Gasteiger partial charge in [-0.05, 0) is 30.2 Å². The number of nitrogens with zero attached hydrogens (tertiary/aromatic N) is 2. The number of nitro groups is 1. The van der Waals surface area contributed by atoms with Crippen LogP contribution in [0.4, 0.5) is 5.69 Å². The Morgan fingerprint density at radius 3 is 2.16 bits per heavy atom. The summed E-state index contributed by atoms with van der Waals surface area (Å²) < 4.78 is 5.04. The molecule has 1 aliphatic rings. The van der Waals surface area contributed by atoms with Crippen LogP contribution in [0.2, 0.25) is 0 Å². The largest absolute Gasteiger partial charge is 0.464 e. The Morgan fingerprint density at radius 1 is 1.00 bits per heavy atom. The number of rotatable bonds is 5. The lowest BCUT2D eigenvalue weighted by Gasteiger charge is -2.45. The fraction of sp³-hybridized carbons (Fsp3) is 0.240. The molecular formula is C25H24N2O5. The molecule has 32 heavy (non-hydrogen) atoms. The summed E-state index contributed by atoms with van der Waals surface area (Å²) in [6.45, 7) is 1.93. The van der Waals surface area contributed by atoms with Gasteiger partial charge in [-0.3, -0.25) is 15.0 Å². The molecule has 0 bridgehead atoms. The lowest BCUT2D eigenvalue weighted by Crippen LogP contribution is -2.61. The average Bonchev–Trinajstić information content (AvgIpc) is 2.84. The number of methoxy groups -OCH3 is 1. The third kappa shape index (κ3) is 3.71. The molecule has 1 aliphatic heterocycles. The number of anilines is 1. The average molecular weight is 432 g/mol. The first-order chi connectivity index (χ1) is 15.5. The maximum absolute atomic E-state index is 13.2. The maximum Gasteiger partial charge on any atom is 0.387 e. The first-order valence-corrected chi connectivity index (χ1v) is 10.3. The van der Waals surface area contributed by atoms with Crippen LogP contribution in [-0.2, 0) is 14.4 Å². The number of carbonyl (C=O) groups excluding carboxylic acids is 1. The van der Waals surface area contributed by atoms with Crippen molar-refractivity contribution in [1.82, 2.24) is 0 Å². The van der Waals surface area contributed by atoms with Gasteiger partial charge in [0.25, 0.3) is 0 Å². The Morgan fingerprint density at radius 2 is 1.59 bits per heavy atom. The minimum absolute atomic E-state index is 0.168. The van der Waals surface area contributed by atoms with Crippen LogP contribution in [0.15, 0.2) is 84.9 Å². The Bertz CT molecular complexity index is 1090. The topological polar surface area (TPSA) is 81.9 Å². The summed E-state index contributed by atoms with van der Waals surface area (Å²) in [7, 11) is 1.18. The van der Waals surface area contributed by atoms with Crippen LogP contribution in [-0.4, -0.2) is 23.5 Å². The SMILES string of the molecule is COC(=O)C1([N+](=O)[O-])C[C@H](c2ccccc2)ON(c2ccccc2)[C@@H]1c1ccc(C)cc1. The predicted octanol–water partition coefficient (Wildman–Crippen LogP) is 4.81. The van der Waals surface area contributed by atoms with Crippen LogP contribution in [0.25, 0.3) is 0 Å². The number of carbonyl (C=O) groups is 1. The highest BCUT2D eigenvalue weighted by Gasteiger charge is 2.66. The molecule has 3 aromatic rings. The van der Waals surface area contributed by atoms with E-state index in [1.54, 1.807) is 24.3 Å². The third-order valence-electron chi connectivity index (χ3n) is 5.86. The van der Waals surface area contributed by atoms with Crippen molar-refractivity contribution in [3.63, 3.8) is 0 Å². The van der Waals surface area contributed by atoms with Gasteiger partial charge in [-0.1, -0.05) is 78.4 Å². The van der Waals surface area contributed by atoms with Crippen molar-refractivity contribution in [3.8, 4) is 0 Å². The van der Waals surface area contributed by atoms with Crippen LogP contribution < -0.4 is 5.06 Å². The van der Waals surface area contributed by atoms with E-state index in [1.807, 2.05) is 67.6 Å². The van der Waals surface area contributed by atoms with Gasteiger partial charge in [0.2, 0.25) is 0 Å². The number of benzene rings is 3. The summed E-state index contributed by atoms with van der Waals surface area (Å²) in [4.78, 5) is 31.8. The van der Waals surface area contributed by atoms with Crippen molar-refractivity contribution < 1.29 is 19.3 Å². The molecule has 0 saturated carbocycles. The van der Waals surface area contributed by atoms with E-state index in [4.69, 9.17) is 9.57 Å².